The summed E-state index contributed by atoms with van der Waals surface area (Å²) in [7, 11) is 0. The minimum Gasteiger partial charge on any atom is -0.508 e. The number of ketones is 4. The van der Waals surface area contributed by atoms with Gasteiger partial charge in [-0.1, -0.05) is 151 Å². The highest BCUT2D eigenvalue weighted by Gasteiger charge is 2.30. The molecule has 17 nitrogen and oxygen atoms in total. The highest BCUT2D eigenvalue weighted by atomic mass is 32.1. The van der Waals surface area contributed by atoms with Crippen LogP contribution in [0.4, 0.5) is 0 Å². The van der Waals surface area contributed by atoms with E-state index in [-0.39, 0.29) is 51.9 Å². The number of aliphatic carboxylic acids is 4. The Morgan fingerprint density at radius 2 is 0.441 bits per heavy atom. The second-order valence-corrected chi connectivity index (χ2v) is 34.9. The zero-order chi connectivity index (χ0) is 91.1. The molecule has 21 heteroatoms. The van der Waals surface area contributed by atoms with Crippen LogP contribution in [0, 0.1) is 69.2 Å². The van der Waals surface area contributed by atoms with Gasteiger partial charge in [0, 0.05) is 109 Å². The van der Waals surface area contributed by atoms with Crippen molar-refractivity contribution in [2.75, 3.05) is 0 Å². The van der Waals surface area contributed by atoms with Gasteiger partial charge in [0.1, 0.15) is 28.7 Å². The maximum atomic E-state index is 13.8. The number of aryl methyl sites for hydroxylation is 10. The van der Waals surface area contributed by atoms with E-state index >= 15 is 0 Å². The molecule has 0 radical (unpaired) electrons. The summed E-state index contributed by atoms with van der Waals surface area (Å²) >= 11 is 5.43. The molecular weight excluding hydrogens is 1670 g/mol. The molecule has 0 atom stereocenters. The lowest BCUT2D eigenvalue weighted by atomic mass is 9.92. The Morgan fingerprint density at radius 3 is 0.654 bits per heavy atom. The summed E-state index contributed by atoms with van der Waals surface area (Å²) in [5, 5.41) is 88.6. The molecule has 0 spiro atoms. The number of phenolic OH excluding ortho intramolecular Hbond substituents is 5. The zero-order valence-electron chi connectivity index (χ0n) is 70.4. The fraction of sp³-hybridized carbons (Fsp3) is 0.0943. The van der Waals surface area contributed by atoms with Crippen LogP contribution in [0.1, 0.15) is 139 Å². The first kappa shape index (κ1) is 89.7. The number of carbonyl (C=O) groups is 8. The number of carboxylic acid groups (broad SMARTS) is 4. The van der Waals surface area contributed by atoms with Crippen LogP contribution in [0.5, 0.6) is 28.7 Å². The van der Waals surface area contributed by atoms with Crippen molar-refractivity contribution in [3.8, 4) is 73.3 Å². The maximum Gasteiger partial charge on any atom is 0.328 e. The van der Waals surface area contributed by atoms with E-state index in [4.69, 9.17) is 20.4 Å². The van der Waals surface area contributed by atoms with Crippen molar-refractivity contribution >= 4 is 157 Å². The summed E-state index contributed by atoms with van der Waals surface area (Å²) in [5.41, 5.74) is 21.5. The summed E-state index contributed by atoms with van der Waals surface area (Å²) < 4.78 is 3.29. The van der Waals surface area contributed by atoms with E-state index < -0.39 is 23.9 Å². The van der Waals surface area contributed by atoms with Crippen LogP contribution in [0.25, 0.3) is 109 Å². The molecule has 0 unspecified atom stereocenters. The smallest absolute Gasteiger partial charge is 0.328 e. The second kappa shape index (κ2) is 38.4. The normalized spacial score (nSPS) is 11.3. The van der Waals surface area contributed by atoms with E-state index in [0.29, 0.717) is 52.9 Å². The van der Waals surface area contributed by atoms with E-state index in [1.807, 2.05) is 201 Å². The first-order chi connectivity index (χ1) is 60.6. The number of thiophene rings is 4. The minimum absolute atomic E-state index is 0.0365. The molecule has 12 aromatic carbocycles. The number of fused-ring (bicyclic) bond motifs is 4. The fourth-order valence-electron chi connectivity index (χ4n) is 15.8. The summed E-state index contributed by atoms with van der Waals surface area (Å²) in [5.74, 6) is -3.60. The molecule has 0 amide bonds. The Balaban J connectivity index is 0.000000145. The summed E-state index contributed by atoms with van der Waals surface area (Å²) in [6.45, 7) is 19.3. The Kier molecular flexibility index (Phi) is 27.1. The molecule has 4 aromatic heterocycles. The lowest BCUT2D eigenvalue weighted by molar-refractivity contribution is -0.132. The first-order valence-electron chi connectivity index (χ1n) is 39.9. The number of aromatic hydroxyl groups is 5. The molecule has 16 rings (SSSR count). The van der Waals surface area contributed by atoms with Crippen molar-refractivity contribution in [2.24, 2.45) is 0 Å². The van der Waals surface area contributed by atoms with Gasteiger partial charge < -0.3 is 46.0 Å². The van der Waals surface area contributed by atoms with Gasteiger partial charge in [0.2, 0.25) is 23.1 Å². The number of rotatable bonds is 20. The molecular formula is C106H84O17S4. The van der Waals surface area contributed by atoms with Crippen LogP contribution >= 0.6 is 45.3 Å². The highest BCUT2D eigenvalue weighted by Crippen LogP contribution is 2.48. The van der Waals surface area contributed by atoms with Gasteiger partial charge in [-0.25, -0.2) is 19.2 Å². The van der Waals surface area contributed by atoms with Crippen LogP contribution in [0.3, 0.4) is 0 Å². The number of carbonyl (C=O) groups excluding carboxylic acids is 4. The number of hydrogen-bond acceptors (Lipinski definition) is 17. The van der Waals surface area contributed by atoms with Gasteiger partial charge in [0.05, 0.1) is 19.5 Å². The number of hydrogen-bond donors (Lipinski definition) is 9. The summed E-state index contributed by atoms with van der Waals surface area (Å²) in [6, 6.07) is 67.0. The van der Waals surface area contributed by atoms with Gasteiger partial charge in [-0.2, -0.15) is 0 Å². The van der Waals surface area contributed by atoms with Crippen molar-refractivity contribution in [1.29, 1.82) is 0 Å². The third-order valence-electron chi connectivity index (χ3n) is 21.3. The average Bonchev–Trinajstić information content (AvgIpc) is 1.63. The van der Waals surface area contributed by atoms with E-state index in [1.54, 1.807) is 92.7 Å². The molecule has 16 aromatic rings. The quantitative estimate of drug-likeness (QED) is 0.0253. The number of benzene rings is 12. The SMILES string of the molecule is Cc1cc(C)c(C(=O)c2sc3cc(O)ccc3c2-c2ccc(/C=C/C(=O)O)cc2)c(C)c1.Cc1cc(C)c(C(=O)c2sc3cc(O)ccc3c2-c2ccc(/C=C/C(=O)O)cc2)c(C)c1.Cc1cc(O)cc(C)c1C(=O)c1sc2cc(O)ccc2c1-c1ccc(/C=C/C(=O)O)cc1.Cc1cccc(C)c1C(=O)c1sc2cc(O)ccc2c1-c1ccc(/C=C/C(=O)O)cc1. The molecule has 127 heavy (non-hydrogen) atoms. The Bertz CT molecular complexity index is 6640. The van der Waals surface area contributed by atoms with E-state index in [0.717, 1.165) is 176 Å². The van der Waals surface area contributed by atoms with E-state index in [9.17, 15) is 63.9 Å². The predicted molar refractivity (Wildman–Crippen MR) is 511 cm³/mol. The van der Waals surface area contributed by atoms with Gasteiger partial charge in [0.15, 0.2) is 0 Å². The Hall–Kier alpha value is -15.0. The highest BCUT2D eigenvalue weighted by molar-refractivity contribution is 7.23. The minimum atomic E-state index is -1.02. The Labute approximate surface area is 747 Å². The standard InChI is InChI=1S/2C27H22O4S.C26H20O5S.C26H20O4S/c2*1-15-12-16(2)24(17(3)13-15)26(31)27-25(21-10-9-20(28)14-22(21)32-27)19-7-4-18(5-8-19)6-11-23(29)30;1-14-11-19(28)12-15(2)23(14)25(31)26-24(20-9-8-18(27)13-21(20)32-26)17-6-3-16(4-7-17)5-10-22(29)30;1-15-4-3-5-16(2)23(15)25(30)26-24(20-12-11-19(27)14-21(20)31-26)18-9-6-17(7-10-18)8-13-22(28)29/h2*4-14,28H,1-3H3,(H,29,30);3-13,27-28H,1-2H3,(H,29,30);3-14,27H,1-2H3,(H,28,29)/b2*11-6+;10-5+;13-8+. The molecule has 0 bridgehead atoms. The molecule has 4 heterocycles. The van der Waals surface area contributed by atoms with Crippen molar-refractivity contribution in [3.05, 3.63) is 368 Å². The van der Waals surface area contributed by atoms with Crippen LogP contribution < -0.4 is 0 Å². The molecule has 0 saturated heterocycles. The summed E-state index contributed by atoms with van der Waals surface area (Å²) in [4.78, 5) is 100. The third kappa shape index (κ3) is 20.3. The molecule has 0 aliphatic rings. The van der Waals surface area contributed by atoms with Crippen molar-refractivity contribution in [2.45, 2.75) is 69.2 Å². The molecule has 0 aliphatic heterocycles. The van der Waals surface area contributed by atoms with Crippen LogP contribution in [-0.2, 0) is 19.2 Å². The predicted octanol–water partition coefficient (Wildman–Crippen LogP) is 25.2. The van der Waals surface area contributed by atoms with Crippen LogP contribution in [0.2, 0.25) is 0 Å². The first-order valence-corrected chi connectivity index (χ1v) is 43.1. The van der Waals surface area contributed by atoms with Crippen LogP contribution in [-0.4, -0.2) is 93.0 Å². The van der Waals surface area contributed by atoms with E-state index in [1.165, 1.54) is 69.7 Å². The lowest BCUT2D eigenvalue weighted by Crippen LogP contribution is -2.06. The lowest BCUT2D eigenvalue weighted by Gasteiger charge is -2.11. The van der Waals surface area contributed by atoms with Gasteiger partial charge >= 0.3 is 23.9 Å². The monoisotopic (exact) mass is 1760 g/mol. The Morgan fingerprint density at radius 1 is 0.236 bits per heavy atom. The topological polar surface area (TPSA) is 319 Å². The average molecular weight is 1760 g/mol. The molecule has 0 aliphatic carbocycles. The second-order valence-electron chi connectivity index (χ2n) is 30.7. The zero-order valence-corrected chi connectivity index (χ0v) is 73.7. The largest absolute Gasteiger partial charge is 0.508 e. The van der Waals surface area contributed by atoms with Gasteiger partial charge in [0.25, 0.3) is 0 Å². The molecule has 0 saturated carbocycles. The van der Waals surface area contributed by atoms with E-state index in [2.05, 4.69) is 0 Å². The molecule has 0 fully saturated rings. The van der Waals surface area contributed by atoms with Gasteiger partial charge in [-0.05, 0) is 267 Å². The van der Waals surface area contributed by atoms with Crippen molar-refractivity contribution in [3.63, 3.8) is 0 Å². The maximum absolute atomic E-state index is 13.8. The number of phenols is 5. The van der Waals surface area contributed by atoms with Crippen molar-refractivity contribution < 1.29 is 84.3 Å². The fourth-order valence-corrected chi connectivity index (χ4v) is 20.7. The third-order valence-corrected chi connectivity index (χ3v) is 25.9. The van der Waals surface area contributed by atoms with Crippen LogP contribution in [0.15, 0.2) is 249 Å². The summed E-state index contributed by atoms with van der Waals surface area (Å²) in [6.07, 6.45) is 10.4. The van der Waals surface area contributed by atoms with Gasteiger partial charge in [-0.3, -0.25) is 19.2 Å². The van der Waals surface area contributed by atoms with Gasteiger partial charge in [-0.15, -0.1) is 45.3 Å². The van der Waals surface area contributed by atoms with Crippen molar-refractivity contribution in [1.82, 2.24) is 0 Å². The number of carboxylic acids is 4. The molecule has 634 valence electrons. The molecule has 9 N–H and O–H groups in total.